The summed E-state index contributed by atoms with van der Waals surface area (Å²) in [6, 6.07) is -6.00. The third-order valence-electron chi connectivity index (χ3n) is 11.4. The minimum Gasteiger partial charge on any atom is -0.549 e. The van der Waals surface area contributed by atoms with Crippen LogP contribution in [0.5, 0.6) is 0 Å². The van der Waals surface area contributed by atoms with Crippen LogP contribution in [0.3, 0.4) is 0 Å². The van der Waals surface area contributed by atoms with Crippen molar-refractivity contribution in [3.63, 3.8) is 0 Å². The number of Topliss-reactive ketones (excluding diaryl/α,β-unsaturated/α-hetero) is 1. The van der Waals surface area contributed by atoms with Gasteiger partial charge in [0, 0.05) is 102 Å². The molecule has 0 aliphatic carbocycles. The number of primary amides is 2. The van der Waals surface area contributed by atoms with Gasteiger partial charge in [0.25, 0.3) is 0 Å². The third-order valence-corrected chi connectivity index (χ3v) is 14.4. The summed E-state index contributed by atoms with van der Waals surface area (Å²) < 4.78 is 5.53. The molecule has 1 fully saturated rings. The van der Waals surface area contributed by atoms with E-state index in [2.05, 4.69) is 36.8 Å². The van der Waals surface area contributed by atoms with Crippen LogP contribution in [0.1, 0.15) is 52.4 Å². The van der Waals surface area contributed by atoms with E-state index in [9.17, 15) is 63.0 Å². The van der Waals surface area contributed by atoms with Gasteiger partial charge in [0.2, 0.25) is 41.4 Å². The summed E-state index contributed by atoms with van der Waals surface area (Å²) in [5.41, 5.74) is 16.6. The van der Waals surface area contributed by atoms with Gasteiger partial charge >= 0.3 is 45.9 Å². The molecule has 32 heteroatoms. The van der Waals surface area contributed by atoms with Crippen molar-refractivity contribution >= 4 is 98.4 Å². The second kappa shape index (κ2) is 40.6. The van der Waals surface area contributed by atoms with Gasteiger partial charge in [0.1, 0.15) is 24.4 Å². The Morgan fingerprint density at radius 3 is 1.44 bits per heavy atom. The molecule has 75 heavy (non-hydrogen) atoms. The molecule has 0 spiro atoms. The van der Waals surface area contributed by atoms with E-state index in [0.29, 0.717) is 32.7 Å². The Bertz CT molecular complexity index is 1840. The third kappa shape index (κ3) is 32.7. The molecule has 0 bridgehead atoms. The number of ketones is 1. The second-order valence-corrected chi connectivity index (χ2v) is 20.5. The van der Waals surface area contributed by atoms with E-state index in [-0.39, 0.29) is 148 Å². The van der Waals surface area contributed by atoms with Crippen molar-refractivity contribution in [3.05, 3.63) is 0 Å². The molecule has 1 radical (unpaired) electrons. The maximum absolute atomic E-state index is 13.6. The van der Waals surface area contributed by atoms with Gasteiger partial charge in [-0.3, -0.25) is 57.9 Å². The quantitative estimate of drug-likeness (QED) is 0.0158. The molecule has 13 N–H and O–H groups in total. The summed E-state index contributed by atoms with van der Waals surface area (Å²) in [6.45, 7) is 5.69. The summed E-state index contributed by atoms with van der Waals surface area (Å²) >= 11 is 1.25. The van der Waals surface area contributed by atoms with Crippen molar-refractivity contribution < 1.29 is 113 Å². The first-order chi connectivity index (χ1) is 35.0. The maximum atomic E-state index is 13.6. The summed E-state index contributed by atoms with van der Waals surface area (Å²) in [4.78, 5) is 144. The maximum Gasteiger partial charge on any atom is 3.00 e. The first-order valence-electron chi connectivity index (χ1n) is 23.8. The molecule has 0 aromatic carbocycles. The molecule has 0 aromatic heterocycles. The van der Waals surface area contributed by atoms with Crippen LogP contribution in [0.15, 0.2) is 0 Å². The minimum absolute atomic E-state index is 0. The summed E-state index contributed by atoms with van der Waals surface area (Å²) in [5, 5.41) is 47.5. The number of nitrogens with two attached hydrogens (primary N) is 3. The average Bonchev–Trinajstić information content (AvgIpc) is 3.31. The van der Waals surface area contributed by atoms with Crippen LogP contribution < -0.4 is 59.3 Å². The van der Waals surface area contributed by atoms with Gasteiger partial charge < -0.3 is 83.6 Å². The van der Waals surface area contributed by atoms with Gasteiger partial charge in [-0.25, -0.2) is 0 Å². The first-order valence-corrected chi connectivity index (χ1v) is 27.7. The fraction of sp³-hybridized carbons (Fsp3) is 0.744. The number of likely N-dealkylation sites (N-methyl/N-ethyl adjacent to an activating group) is 2. The Kier molecular flexibility index (Phi) is 38.7. The van der Waals surface area contributed by atoms with Gasteiger partial charge in [-0.1, -0.05) is 28.5 Å². The number of carbonyl (C=O) groups is 11. The van der Waals surface area contributed by atoms with E-state index >= 15 is 0 Å². The summed E-state index contributed by atoms with van der Waals surface area (Å²) in [6.07, 6.45) is -1.11. The van der Waals surface area contributed by atoms with Gasteiger partial charge in [-0.05, 0) is 46.0 Å². The van der Waals surface area contributed by atoms with Crippen LogP contribution in [0.25, 0.3) is 0 Å². The van der Waals surface area contributed by atoms with Crippen molar-refractivity contribution in [3.8, 4) is 0 Å². The zero-order valence-corrected chi connectivity index (χ0v) is 47.5. The van der Waals surface area contributed by atoms with E-state index in [0.717, 1.165) is 28.5 Å². The molecule has 1 saturated heterocycles. The zero-order chi connectivity index (χ0) is 55.8. The normalized spacial score (nSPS) is 16.6. The van der Waals surface area contributed by atoms with Crippen molar-refractivity contribution in [1.29, 1.82) is 0 Å². The topological polar surface area (TPSA) is 427 Å². The number of hydrogen-bond acceptors (Lipinski definition) is 23. The molecule has 28 nitrogen and oxygen atoms in total. The van der Waals surface area contributed by atoms with Crippen molar-refractivity contribution in [1.82, 2.24) is 51.5 Å². The van der Waals surface area contributed by atoms with E-state index in [4.69, 9.17) is 27.0 Å². The number of nitrogens with one attached hydrogen (secondary N) is 6. The number of carboxylic acids is 3. The molecule has 7 amide bonds. The second-order valence-electron chi connectivity index (χ2n) is 17.0. The zero-order valence-electron chi connectivity index (χ0n) is 42.8. The van der Waals surface area contributed by atoms with Crippen molar-refractivity contribution in [2.75, 3.05) is 116 Å². The standard InChI is InChI=1S/C43H77N13O15S3.Gd/c1-5-53-12-14-55(21-38(63)64)18-16-54(17-19-56(15-13-53)22-39(65)66)20-35(60)52-36(71-26-44)25-74-73-24-32(41(46)68)49-33(58)9-6-28(27(2)57)50-43(70)30(51-42(69)29(47-3)8-11-37(61)62)7-10-34(59)48-31(23-72-4)40(45)67;/h28-32,36,47H,5-26,44H2,1-4H3,(H2,45,67)(H2,46,68)(H,48,59)(H,49,58)(H,50,70)(H,51,69)(H,52,60)(H,61,62)(H,63,64)(H,65,66);/q;+3/p-2. The molecular formula is C43H75GdN13O15S3+. The number of carboxylic acid groups (broad SMARTS) is 3. The predicted octanol–water partition coefficient (Wildman–Crippen LogP) is -7.64. The molecule has 0 aromatic rings. The molecule has 1 aliphatic heterocycles. The SMILES string of the molecule is CCN1CCN(CC(=O)[O-])CCN(CC(=O)NC(CSSCC(NC(=O)CCC(NC(=O)C(CCC(=O)NC(CSC)C(N)=O)NC(=O)C(CCC(=O)O)NC)C(C)=O)C(N)=O)OCN)CCN(CC(=O)[O-])CC1.[Gd+3]. The van der Waals surface area contributed by atoms with E-state index < -0.39 is 101 Å². The number of rotatable bonds is 36. The van der Waals surface area contributed by atoms with Crippen LogP contribution in [0, 0.1) is 39.9 Å². The van der Waals surface area contributed by atoms with Crippen LogP contribution in [0.2, 0.25) is 0 Å². The molecule has 0 saturated carbocycles. The van der Waals surface area contributed by atoms with Gasteiger partial charge in [-0.2, -0.15) is 11.8 Å². The number of aliphatic carboxylic acids is 3. The number of thioether (sulfide) groups is 1. The van der Waals surface area contributed by atoms with E-state index in [1.54, 1.807) is 21.0 Å². The molecule has 427 valence electrons. The molecule has 6 unspecified atom stereocenters. The van der Waals surface area contributed by atoms with Crippen LogP contribution >= 0.6 is 33.3 Å². The summed E-state index contributed by atoms with van der Waals surface area (Å²) in [5.74, 6) is -9.22. The van der Waals surface area contributed by atoms with Crippen LogP contribution in [0.4, 0.5) is 0 Å². The largest absolute Gasteiger partial charge is 3.00 e. The smallest absolute Gasteiger partial charge is 0.549 e. The molecule has 6 atom stereocenters. The number of amides is 7. The monoisotopic (exact) mass is 1270 g/mol. The Morgan fingerprint density at radius 1 is 0.587 bits per heavy atom. The Labute approximate surface area is 481 Å². The minimum atomic E-state index is -1.44. The van der Waals surface area contributed by atoms with Gasteiger partial charge in [-0.15, -0.1) is 0 Å². The Hall–Kier alpha value is -3.54. The number of hydrogen-bond donors (Lipinski definition) is 10. The van der Waals surface area contributed by atoms with Crippen molar-refractivity contribution in [2.45, 2.75) is 88.8 Å². The van der Waals surface area contributed by atoms with Crippen LogP contribution in [-0.4, -0.2) is 242 Å². The van der Waals surface area contributed by atoms with Crippen molar-refractivity contribution in [2.24, 2.45) is 17.2 Å². The molecule has 1 rings (SSSR count). The average molecular weight is 1270 g/mol. The number of ether oxygens (including phenoxy) is 1. The molecular weight excluding hydrogens is 1190 g/mol. The van der Waals surface area contributed by atoms with E-state index in [1.165, 1.54) is 18.8 Å². The molecule has 1 heterocycles. The number of carbonyl (C=O) groups excluding carboxylic acids is 10. The van der Waals surface area contributed by atoms with Gasteiger partial charge in [0.05, 0.1) is 37.3 Å². The summed E-state index contributed by atoms with van der Waals surface area (Å²) in [7, 11) is 3.67. The fourth-order valence-corrected chi connectivity index (χ4v) is 9.96. The van der Waals surface area contributed by atoms with Gasteiger partial charge in [0.15, 0.2) is 5.78 Å². The predicted molar refractivity (Wildman–Crippen MR) is 272 cm³/mol. The molecule has 1 aliphatic rings. The Morgan fingerprint density at radius 2 is 1.01 bits per heavy atom. The number of nitrogens with zero attached hydrogens (tertiary/aromatic N) is 4. The first kappa shape index (κ1) is 71.5. The van der Waals surface area contributed by atoms with E-state index in [1.807, 2.05) is 6.92 Å². The fourth-order valence-electron chi connectivity index (χ4n) is 7.14. The Balaban J connectivity index is 0.0000548. The van der Waals surface area contributed by atoms with Crippen LogP contribution in [-0.2, 0) is 57.5 Å².